The number of carbonyl (C=O) groups is 2. The van der Waals surface area contributed by atoms with Gasteiger partial charge in [0.1, 0.15) is 0 Å². The molecule has 3 aromatic heterocycles. The number of carbonyl (C=O) groups excluding carboxylic acids is 2. The number of nitrogens with zero attached hydrogens (tertiary/aromatic N) is 3. The Morgan fingerprint density at radius 2 is 2.13 bits per heavy atom. The van der Waals surface area contributed by atoms with Gasteiger partial charge in [-0.25, -0.2) is 9.97 Å². The molecule has 7 nitrogen and oxygen atoms in total. The number of imidazole rings is 1. The van der Waals surface area contributed by atoms with Crippen molar-refractivity contribution in [2.75, 3.05) is 11.9 Å². The van der Waals surface area contributed by atoms with Gasteiger partial charge in [0.05, 0.1) is 30.8 Å². The van der Waals surface area contributed by atoms with Crippen molar-refractivity contribution in [3.8, 4) is 0 Å². The van der Waals surface area contributed by atoms with Gasteiger partial charge in [-0.3, -0.25) is 14.0 Å². The summed E-state index contributed by atoms with van der Waals surface area (Å²) < 4.78 is 6.75. The fourth-order valence-corrected chi connectivity index (χ4v) is 3.44. The van der Waals surface area contributed by atoms with E-state index in [4.69, 9.17) is 4.74 Å². The molecule has 0 saturated carbocycles. The molecule has 3 aromatic rings. The first-order chi connectivity index (χ1) is 11.1. The van der Waals surface area contributed by atoms with Crippen LogP contribution in [0.25, 0.3) is 4.96 Å². The molecule has 23 heavy (non-hydrogen) atoms. The van der Waals surface area contributed by atoms with Gasteiger partial charge in [0.2, 0.25) is 5.91 Å². The average molecular weight is 350 g/mol. The molecule has 9 heteroatoms. The second-order valence-electron chi connectivity index (χ2n) is 4.68. The van der Waals surface area contributed by atoms with Crippen molar-refractivity contribution in [2.45, 2.75) is 19.8 Å². The van der Waals surface area contributed by atoms with Crippen molar-refractivity contribution in [1.29, 1.82) is 0 Å². The third kappa shape index (κ3) is 3.93. The van der Waals surface area contributed by atoms with Crippen LogP contribution in [0.3, 0.4) is 0 Å². The van der Waals surface area contributed by atoms with Crippen LogP contribution in [0.2, 0.25) is 0 Å². The first-order valence-corrected chi connectivity index (χ1v) is 8.71. The third-order valence-electron chi connectivity index (χ3n) is 2.91. The van der Waals surface area contributed by atoms with Crippen molar-refractivity contribution in [3.63, 3.8) is 0 Å². The van der Waals surface area contributed by atoms with Gasteiger partial charge in [-0.1, -0.05) is 0 Å². The van der Waals surface area contributed by atoms with Crippen LogP contribution >= 0.6 is 22.7 Å². The minimum absolute atomic E-state index is 0.109. The normalized spacial score (nSPS) is 10.8. The number of fused-ring (bicyclic) bond motifs is 1. The molecule has 0 spiro atoms. The number of esters is 1. The highest BCUT2D eigenvalue weighted by molar-refractivity contribution is 7.15. The number of hydrogen-bond acceptors (Lipinski definition) is 7. The number of amides is 1. The monoisotopic (exact) mass is 350 g/mol. The molecule has 0 aliphatic heterocycles. The summed E-state index contributed by atoms with van der Waals surface area (Å²) in [6, 6.07) is 0. The zero-order valence-electron chi connectivity index (χ0n) is 12.3. The zero-order chi connectivity index (χ0) is 16.2. The maximum atomic E-state index is 12.0. The Hall–Kier alpha value is -2.26. The Morgan fingerprint density at radius 3 is 2.91 bits per heavy atom. The van der Waals surface area contributed by atoms with Gasteiger partial charge >= 0.3 is 5.97 Å². The lowest BCUT2D eigenvalue weighted by atomic mass is 10.3. The molecule has 0 fully saturated rings. The molecule has 0 saturated heterocycles. The number of thiazole rings is 2. The second-order valence-corrected chi connectivity index (χ2v) is 6.41. The highest BCUT2D eigenvalue weighted by Crippen LogP contribution is 2.17. The predicted molar refractivity (Wildman–Crippen MR) is 87.9 cm³/mol. The average Bonchev–Trinajstić information content (AvgIpc) is 3.15. The lowest BCUT2D eigenvalue weighted by Crippen LogP contribution is -2.14. The van der Waals surface area contributed by atoms with Gasteiger partial charge in [0.15, 0.2) is 10.1 Å². The van der Waals surface area contributed by atoms with Gasteiger partial charge in [0.25, 0.3) is 0 Å². The van der Waals surface area contributed by atoms with Crippen molar-refractivity contribution >= 4 is 44.6 Å². The molecular formula is C14H14N4O3S2. The fraction of sp³-hybridized carbons (Fsp3) is 0.286. The largest absolute Gasteiger partial charge is 0.466 e. The summed E-state index contributed by atoms with van der Waals surface area (Å²) in [5, 5.41) is 6.86. The van der Waals surface area contributed by atoms with Crippen LogP contribution in [-0.2, 0) is 27.2 Å². The molecule has 3 heterocycles. The van der Waals surface area contributed by atoms with Gasteiger partial charge in [-0.2, -0.15) is 0 Å². The number of nitrogens with one attached hydrogen (secondary N) is 1. The van der Waals surface area contributed by atoms with Crippen molar-refractivity contribution in [2.24, 2.45) is 0 Å². The fourth-order valence-electron chi connectivity index (χ4n) is 1.99. The minimum Gasteiger partial charge on any atom is -0.466 e. The Bertz CT molecular complexity index is 807. The predicted octanol–water partition coefficient (Wildman–Crippen LogP) is 2.14. The Balaban J connectivity index is 1.56. The topological polar surface area (TPSA) is 85.6 Å². The zero-order valence-corrected chi connectivity index (χ0v) is 13.9. The summed E-state index contributed by atoms with van der Waals surface area (Å²) >= 11 is 2.80. The first-order valence-electron chi connectivity index (χ1n) is 6.95. The number of rotatable bonds is 6. The Kier molecular flexibility index (Phi) is 4.68. The minimum atomic E-state index is -0.325. The lowest BCUT2D eigenvalue weighted by Gasteiger charge is -1.99. The molecule has 3 rings (SSSR count). The third-order valence-corrected chi connectivity index (χ3v) is 4.49. The molecule has 0 aliphatic rings. The molecule has 0 aromatic carbocycles. The van der Waals surface area contributed by atoms with Crippen molar-refractivity contribution in [3.05, 3.63) is 34.5 Å². The highest BCUT2D eigenvalue weighted by atomic mass is 32.1. The molecule has 1 amide bonds. The molecule has 120 valence electrons. The molecule has 1 N–H and O–H groups in total. The number of anilines is 1. The van der Waals surface area contributed by atoms with E-state index in [1.807, 2.05) is 22.2 Å². The number of ether oxygens (including phenoxy) is 1. The van der Waals surface area contributed by atoms with E-state index < -0.39 is 0 Å². The van der Waals surface area contributed by atoms with E-state index in [1.165, 1.54) is 22.7 Å². The van der Waals surface area contributed by atoms with Gasteiger partial charge in [0, 0.05) is 23.2 Å². The maximum Gasteiger partial charge on any atom is 0.311 e. The summed E-state index contributed by atoms with van der Waals surface area (Å²) in [5.74, 6) is -0.512. The van der Waals surface area contributed by atoms with Gasteiger partial charge < -0.3 is 10.1 Å². The summed E-state index contributed by atoms with van der Waals surface area (Å²) in [5.41, 5.74) is 1.30. The summed E-state index contributed by atoms with van der Waals surface area (Å²) in [7, 11) is 0. The first kappa shape index (κ1) is 15.6. The standard InChI is InChI=1S/C14H14N4O3S2/c1-2-21-12(20)6-10-8-23-13(15-10)17-11(19)5-9-7-18-3-4-22-14(18)16-9/h3-4,7-8H,2,5-6H2,1H3,(H,15,17,19). The summed E-state index contributed by atoms with van der Waals surface area (Å²) in [4.78, 5) is 32.9. The molecule has 0 aliphatic carbocycles. The molecule has 0 radical (unpaired) electrons. The second kappa shape index (κ2) is 6.88. The van der Waals surface area contributed by atoms with E-state index in [9.17, 15) is 9.59 Å². The Labute approximate surface area is 140 Å². The van der Waals surface area contributed by atoms with E-state index >= 15 is 0 Å². The number of aromatic nitrogens is 3. The quantitative estimate of drug-likeness (QED) is 0.689. The van der Waals surface area contributed by atoms with E-state index in [-0.39, 0.29) is 24.7 Å². The van der Waals surface area contributed by atoms with Crippen LogP contribution in [0.4, 0.5) is 5.13 Å². The van der Waals surface area contributed by atoms with Crippen molar-refractivity contribution < 1.29 is 14.3 Å². The van der Waals surface area contributed by atoms with Gasteiger partial charge in [-0.15, -0.1) is 22.7 Å². The Morgan fingerprint density at radius 1 is 1.26 bits per heavy atom. The van der Waals surface area contributed by atoms with Crippen molar-refractivity contribution in [1.82, 2.24) is 14.4 Å². The van der Waals surface area contributed by atoms with E-state index in [0.29, 0.717) is 23.1 Å². The summed E-state index contributed by atoms with van der Waals surface area (Å²) in [6.45, 7) is 2.10. The SMILES string of the molecule is CCOC(=O)Cc1csc(NC(=O)Cc2cn3ccsc3n2)n1. The van der Waals surface area contributed by atoms with Crippen LogP contribution in [0.5, 0.6) is 0 Å². The van der Waals surface area contributed by atoms with Crippen LogP contribution < -0.4 is 5.32 Å². The maximum absolute atomic E-state index is 12.0. The molecule has 0 bridgehead atoms. The molecule has 0 atom stereocenters. The van der Waals surface area contributed by atoms with E-state index in [2.05, 4.69) is 15.3 Å². The van der Waals surface area contributed by atoms with Crippen LogP contribution in [0.15, 0.2) is 23.2 Å². The lowest BCUT2D eigenvalue weighted by molar-refractivity contribution is -0.142. The van der Waals surface area contributed by atoms with E-state index in [1.54, 1.807) is 12.3 Å². The molecular weight excluding hydrogens is 336 g/mol. The van der Waals surface area contributed by atoms with Crippen LogP contribution in [-0.4, -0.2) is 32.9 Å². The van der Waals surface area contributed by atoms with Crippen LogP contribution in [0.1, 0.15) is 18.3 Å². The van der Waals surface area contributed by atoms with Gasteiger partial charge in [-0.05, 0) is 6.92 Å². The number of hydrogen-bond donors (Lipinski definition) is 1. The van der Waals surface area contributed by atoms with Crippen LogP contribution in [0, 0.1) is 0 Å². The van der Waals surface area contributed by atoms with E-state index in [0.717, 1.165) is 4.96 Å². The molecule has 0 unspecified atom stereocenters. The smallest absolute Gasteiger partial charge is 0.311 e. The highest BCUT2D eigenvalue weighted by Gasteiger charge is 2.12. The summed E-state index contributed by atoms with van der Waals surface area (Å²) in [6.07, 6.45) is 4.02.